The van der Waals surface area contributed by atoms with Crippen LogP contribution in [-0.2, 0) is 16.1 Å². The van der Waals surface area contributed by atoms with E-state index in [1.165, 1.54) is 0 Å². The Bertz CT molecular complexity index is 751. The number of carbonyl (C=O) groups is 1. The number of carbonyl (C=O) groups excluding carboxylic acids is 1. The minimum absolute atomic E-state index is 0. The molecule has 1 atom stereocenters. The summed E-state index contributed by atoms with van der Waals surface area (Å²) in [4.78, 5) is 28.5. The van der Waals surface area contributed by atoms with Gasteiger partial charge in [-0.25, -0.2) is 9.98 Å². The van der Waals surface area contributed by atoms with Crippen LogP contribution in [0.3, 0.4) is 0 Å². The number of guanidine groups is 1. The molecular weight excluding hydrogens is 535 g/mol. The van der Waals surface area contributed by atoms with Crippen molar-refractivity contribution in [3.63, 3.8) is 0 Å². The maximum atomic E-state index is 12.8. The highest BCUT2D eigenvalue weighted by Crippen LogP contribution is 2.17. The quantitative estimate of drug-likeness (QED) is 0.209. The fourth-order valence-electron chi connectivity index (χ4n) is 4.16. The highest BCUT2D eigenvalue weighted by Gasteiger charge is 2.30. The third-order valence-electron chi connectivity index (χ3n) is 6.05. The number of nitrogens with zero attached hydrogens (tertiary/aromatic N) is 5. The molecule has 186 valence electrons. The largest absolute Gasteiger partial charge is 0.475 e. The molecular formula is C23H39IN6O3. The number of pyridine rings is 1. The van der Waals surface area contributed by atoms with Gasteiger partial charge < -0.3 is 24.6 Å². The Balaban J connectivity index is 0.00000385. The molecule has 2 saturated heterocycles. The highest BCUT2D eigenvalue weighted by molar-refractivity contribution is 14.0. The van der Waals surface area contributed by atoms with E-state index in [2.05, 4.69) is 27.0 Å². The molecule has 1 aromatic rings. The van der Waals surface area contributed by atoms with Crippen LogP contribution in [0.2, 0.25) is 0 Å². The van der Waals surface area contributed by atoms with Crippen molar-refractivity contribution in [2.24, 2.45) is 4.99 Å². The minimum atomic E-state index is -0.0584. The van der Waals surface area contributed by atoms with Gasteiger partial charge >= 0.3 is 0 Å². The van der Waals surface area contributed by atoms with Crippen LogP contribution in [-0.4, -0.2) is 104 Å². The number of aromatic nitrogens is 1. The Hall–Kier alpha value is -1.66. The molecule has 0 aromatic carbocycles. The van der Waals surface area contributed by atoms with Gasteiger partial charge in [-0.3, -0.25) is 9.69 Å². The Morgan fingerprint density at radius 3 is 2.55 bits per heavy atom. The molecule has 2 fully saturated rings. The fourth-order valence-corrected chi connectivity index (χ4v) is 4.16. The molecule has 2 aliphatic heterocycles. The van der Waals surface area contributed by atoms with Crippen LogP contribution in [0.4, 0.5) is 0 Å². The van der Waals surface area contributed by atoms with Gasteiger partial charge in [0.15, 0.2) is 5.96 Å². The Morgan fingerprint density at radius 2 is 1.88 bits per heavy atom. The zero-order chi connectivity index (χ0) is 22.8. The number of hydrogen-bond acceptors (Lipinski definition) is 6. The van der Waals surface area contributed by atoms with Crippen molar-refractivity contribution in [2.75, 3.05) is 66.1 Å². The molecule has 0 spiro atoms. The van der Waals surface area contributed by atoms with Gasteiger partial charge in [0.1, 0.15) is 6.61 Å². The molecule has 3 rings (SSSR count). The number of amides is 1. The van der Waals surface area contributed by atoms with E-state index in [0.29, 0.717) is 25.6 Å². The predicted molar refractivity (Wildman–Crippen MR) is 140 cm³/mol. The van der Waals surface area contributed by atoms with Crippen LogP contribution in [0.1, 0.15) is 32.3 Å². The van der Waals surface area contributed by atoms with Crippen molar-refractivity contribution in [1.29, 1.82) is 0 Å². The van der Waals surface area contributed by atoms with Gasteiger partial charge in [-0.15, -0.1) is 24.0 Å². The SMILES string of the molecule is CCNC(=NCc1cccnc1OCCOC)N1CCN(C(C)C(=O)N2CCCC2)CC1.I. The van der Waals surface area contributed by atoms with Crippen molar-refractivity contribution < 1.29 is 14.3 Å². The summed E-state index contributed by atoms with van der Waals surface area (Å²) in [6.45, 7) is 11.6. The summed E-state index contributed by atoms with van der Waals surface area (Å²) in [5.74, 6) is 1.76. The zero-order valence-electron chi connectivity index (χ0n) is 20.2. The van der Waals surface area contributed by atoms with Crippen molar-refractivity contribution >= 4 is 35.8 Å². The number of methoxy groups -OCH3 is 1. The van der Waals surface area contributed by atoms with Gasteiger partial charge in [0.2, 0.25) is 11.8 Å². The first kappa shape index (κ1) is 27.6. The lowest BCUT2D eigenvalue weighted by molar-refractivity contribution is -0.135. The van der Waals surface area contributed by atoms with Crippen LogP contribution in [0.15, 0.2) is 23.3 Å². The first-order chi connectivity index (χ1) is 15.6. The smallest absolute Gasteiger partial charge is 0.239 e. The summed E-state index contributed by atoms with van der Waals surface area (Å²) in [6, 6.07) is 3.83. The maximum absolute atomic E-state index is 12.8. The average molecular weight is 575 g/mol. The van der Waals surface area contributed by atoms with Crippen molar-refractivity contribution in [1.82, 2.24) is 25.0 Å². The molecule has 0 bridgehead atoms. The second kappa shape index (κ2) is 14.6. The Kier molecular flexibility index (Phi) is 12.2. The van der Waals surface area contributed by atoms with Gasteiger partial charge in [-0.2, -0.15) is 0 Å². The number of hydrogen-bond donors (Lipinski definition) is 1. The maximum Gasteiger partial charge on any atom is 0.239 e. The number of ether oxygens (including phenoxy) is 2. The van der Waals surface area contributed by atoms with Crippen LogP contribution in [0.25, 0.3) is 0 Å². The average Bonchev–Trinajstić information content (AvgIpc) is 3.37. The molecule has 9 nitrogen and oxygen atoms in total. The number of halogens is 1. The lowest BCUT2D eigenvalue weighted by Gasteiger charge is -2.39. The summed E-state index contributed by atoms with van der Waals surface area (Å²) in [7, 11) is 1.65. The van der Waals surface area contributed by atoms with Crippen molar-refractivity contribution in [2.45, 2.75) is 39.3 Å². The number of piperazine rings is 1. The van der Waals surface area contributed by atoms with Crippen LogP contribution < -0.4 is 10.1 Å². The van der Waals surface area contributed by atoms with Gasteiger partial charge in [-0.1, -0.05) is 6.07 Å². The van der Waals surface area contributed by atoms with Crippen molar-refractivity contribution in [3.05, 3.63) is 23.9 Å². The normalized spacial score (nSPS) is 18.1. The lowest BCUT2D eigenvalue weighted by atomic mass is 10.2. The van der Waals surface area contributed by atoms with Gasteiger partial charge in [-0.05, 0) is 32.8 Å². The molecule has 33 heavy (non-hydrogen) atoms. The molecule has 0 saturated carbocycles. The molecule has 3 heterocycles. The van der Waals surface area contributed by atoms with Crippen LogP contribution >= 0.6 is 24.0 Å². The summed E-state index contributed by atoms with van der Waals surface area (Å²) in [5.41, 5.74) is 0.947. The number of aliphatic imine (C=N–C) groups is 1. The molecule has 1 N–H and O–H groups in total. The second-order valence-electron chi connectivity index (χ2n) is 8.21. The molecule has 1 unspecified atom stereocenters. The minimum Gasteiger partial charge on any atom is -0.475 e. The summed E-state index contributed by atoms with van der Waals surface area (Å²) >= 11 is 0. The second-order valence-corrected chi connectivity index (χ2v) is 8.21. The van der Waals surface area contributed by atoms with Gasteiger partial charge in [0.05, 0.1) is 19.2 Å². The highest BCUT2D eigenvalue weighted by atomic mass is 127. The van der Waals surface area contributed by atoms with E-state index in [0.717, 1.165) is 70.2 Å². The summed E-state index contributed by atoms with van der Waals surface area (Å²) < 4.78 is 10.8. The summed E-state index contributed by atoms with van der Waals surface area (Å²) in [5, 5.41) is 3.41. The number of likely N-dealkylation sites (tertiary alicyclic amines) is 1. The topological polar surface area (TPSA) is 82.5 Å². The van der Waals surface area contributed by atoms with Crippen LogP contribution in [0.5, 0.6) is 5.88 Å². The first-order valence-corrected chi connectivity index (χ1v) is 11.8. The van der Waals surface area contributed by atoms with Gasteiger partial charge in [0, 0.05) is 64.7 Å². The van der Waals surface area contributed by atoms with E-state index in [9.17, 15) is 4.79 Å². The number of nitrogens with one attached hydrogen (secondary N) is 1. The Morgan fingerprint density at radius 1 is 1.15 bits per heavy atom. The van der Waals surface area contributed by atoms with E-state index >= 15 is 0 Å². The van der Waals surface area contributed by atoms with E-state index in [1.807, 2.05) is 24.0 Å². The zero-order valence-corrected chi connectivity index (χ0v) is 22.5. The monoisotopic (exact) mass is 574 g/mol. The molecule has 0 radical (unpaired) electrons. The van der Waals surface area contributed by atoms with E-state index in [4.69, 9.17) is 14.5 Å². The van der Waals surface area contributed by atoms with E-state index in [-0.39, 0.29) is 35.9 Å². The van der Waals surface area contributed by atoms with E-state index in [1.54, 1.807) is 13.3 Å². The third-order valence-corrected chi connectivity index (χ3v) is 6.05. The van der Waals surface area contributed by atoms with Crippen LogP contribution in [0, 0.1) is 0 Å². The first-order valence-electron chi connectivity index (χ1n) is 11.8. The molecule has 2 aliphatic rings. The fraction of sp³-hybridized carbons (Fsp3) is 0.696. The third kappa shape index (κ3) is 7.96. The molecule has 1 aromatic heterocycles. The predicted octanol–water partition coefficient (Wildman–Crippen LogP) is 1.82. The lowest BCUT2D eigenvalue weighted by Crippen LogP contribution is -2.57. The van der Waals surface area contributed by atoms with E-state index < -0.39 is 0 Å². The standard InChI is InChI=1S/C23H38N6O3.HI/c1-4-24-23(26-18-20-8-7-9-25-21(20)32-17-16-31-3)29-14-12-27(13-15-29)19(2)22(30)28-10-5-6-11-28;/h7-9,19H,4-6,10-18H2,1-3H3,(H,24,26);1H. The summed E-state index contributed by atoms with van der Waals surface area (Å²) in [6.07, 6.45) is 3.99. The van der Waals surface area contributed by atoms with Crippen molar-refractivity contribution in [3.8, 4) is 5.88 Å². The number of rotatable bonds is 9. The molecule has 10 heteroatoms. The van der Waals surface area contributed by atoms with Gasteiger partial charge in [0.25, 0.3) is 0 Å². The molecule has 1 amide bonds. The molecule has 0 aliphatic carbocycles. The Labute approximate surface area is 214 Å².